The molecule has 5 rings (SSSR count). The number of fused-ring (bicyclic) bond motifs is 1. The summed E-state index contributed by atoms with van der Waals surface area (Å²) in [5.74, 6) is 5.51. The number of nitrogens with zero attached hydrogens (tertiary/aromatic N) is 1. The van der Waals surface area contributed by atoms with Gasteiger partial charge in [0.25, 0.3) is 0 Å². The maximum absolute atomic E-state index is 13.4. The normalized spacial score (nSPS) is 14.3. The minimum absolute atomic E-state index is 0.00179. The second-order valence-corrected chi connectivity index (χ2v) is 12.0. The molecule has 206 valence electrons. The molecule has 0 unspecified atom stereocenters. The van der Waals surface area contributed by atoms with Crippen molar-refractivity contribution in [2.75, 3.05) is 27.3 Å². The van der Waals surface area contributed by atoms with E-state index in [0.717, 1.165) is 46.8 Å². The monoisotopic (exact) mass is 557 g/mol. The van der Waals surface area contributed by atoms with Gasteiger partial charge in [-0.3, -0.25) is 4.79 Å². The molecule has 0 atom stereocenters. The molecule has 1 aromatic heterocycles. The summed E-state index contributed by atoms with van der Waals surface area (Å²) >= 11 is 0. The van der Waals surface area contributed by atoms with Crippen molar-refractivity contribution in [2.45, 2.75) is 30.4 Å². The molecular weight excluding hydrogens is 526 g/mol. The van der Waals surface area contributed by atoms with Gasteiger partial charge in [-0.15, -0.1) is 0 Å². The van der Waals surface area contributed by atoms with Crippen LogP contribution in [0.5, 0.6) is 0 Å². The summed E-state index contributed by atoms with van der Waals surface area (Å²) in [5.41, 5.74) is 9.72. The Balaban J connectivity index is 1.57. The van der Waals surface area contributed by atoms with Crippen LogP contribution in [0.3, 0.4) is 0 Å². The first-order valence-electron chi connectivity index (χ1n) is 13.0. The third kappa shape index (κ3) is 5.81. The van der Waals surface area contributed by atoms with E-state index in [1.165, 1.54) is 26.2 Å². The van der Waals surface area contributed by atoms with Crippen molar-refractivity contribution in [3.8, 4) is 23.0 Å². The van der Waals surface area contributed by atoms with Crippen molar-refractivity contribution in [1.29, 1.82) is 0 Å². The van der Waals surface area contributed by atoms with Crippen LogP contribution >= 0.6 is 0 Å². The highest BCUT2D eigenvalue weighted by Crippen LogP contribution is 2.34. The number of hydrogen-bond acceptors (Lipinski definition) is 5. The molecule has 2 heterocycles. The number of primary amides is 1. The third-order valence-electron chi connectivity index (χ3n) is 6.97. The second-order valence-electron chi connectivity index (χ2n) is 9.86. The number of ether oxygens (including phenoxy) is 2. The van der Waals surface area contributed by atoms with Crippen LogP contribution in [0.2, 0.25) is 0 Å². The van der Waals surface area contributed by atoms with E-state index in [1.807, 2.05) is 54.7 Å². The largest absolute Gasteiger partial charge is 0.381 e. The molecule has 0 radical (unpaired) electrons. The van der Waals surface area contributed by atoms with E-state index in [1.54, 1.807) is 0 Å². The van der Waals surface area contributed by atoms with Gasteiger partial charge in [-0.2, -0.15) is 0 Å². The molecule has 4 aromatic rings. The standard InChI is InChI=1S/C31H31N3O5S/c1-34(2)40(36,37)29-12-11-27(31(32)35)30(24-9-8-23-13-16-33-28(23)19-24)26(29)10-7-21-3-5-22(6-4-21)20-39-25-14-17-38-18-15-25/h3-6,8-9,11-13,16,19,25,33H,14-15,17-18,20H2,1-2H3,(H2,32,35). The maximum Gasteiger partial charge on any atom is 0.249 e. The molecule has 8 nitrogen and oxygen atoms in total. The van der Waals surface area contributed by atoms with E-state index in [-0.39, 0.29) is 22.1 Å². The Morgan fingerprint density at radius 3 is 2.50 bits per heavy atom. The van der Waals surface area contributed by atoms with Crippen molar-refractivity contribution in [3.05, 3.63) is 89.1 Å². The summed E-state index contributed by atoms with van der Waals surface area (Å²) in [7, 11) is -0.979. The predicted octanol–water partition coefficient (Wildman–Crippen LogP) is 4.28. The van der Waals surface area contributed by atoms with E-state index >= 15 is 0 Å². The minimum atomic E-state index is -3.90. The minimum Gasteiger partial charge on any atom is -0.381 e. The van der Waals surface area contributed by atoms with Crippen LogP contribution in [0.25, 0.3) is 22.0 Å². The van der Waals surface area contributed by atoms with Crippen LogP contribution in [0.1, 0.15) is 39.9 Å². The number of sulfonamides is 1. The fourth-order valence-electron chi connectivity index (χ4n) is 4.70. The van der Waals surface area contributed by atoms with E-state index in [4.69, 9.17) is 15.2 Å². The summed E-state index contributed by atoms with van der Waals surface area (Å²) in [5, 5.41) is 0.981. The Labute approximate surface area is 234 Å². The lowest BCUT2D eigenvalue weighted by Gasteiger charge is -2.22. The SMILES string of the molecule is CN(C)S(=O)(=O)c1ccc(C(N)=O)c(-c2ccc3cc[nH]c3c2)c1C#Cc1ccc(COC2CCOCC2)cc1. The Kier molecular flexibility index (Phi) is 8.05. The first-order chi connectivity index (χ1) is 19.2. The molecule has 1 aliphatic rings. The number of carbonyl (C=O) groups excluding carboxylic acids is 1. The number of amides is 1. The Morgan fingerprint density at radius 1 is 1.05 bits per heavy atom. The Bertz CT molecular complexity index is 1710. The number of nitrogens with one attached hydrogen (secondary N) is 1. The molecule has 1 fully saturated rings. The van der Waals surface area contributed by atoms with Crippen LogP contribution < -0.4 is 5.73 Å². The van der Waals surface area contributed by atoms with E-state index in [9.17, 15) is 13.2 Å². The third-order valence-corrected chi connectivity index (χ3v) is 8.83. The summed E-state index contributed by atoms with van der Waals surface area (Å²) in [6.07, 6.45) is 3.80. The Hall–Kier alpha value is -3.94. The first-order valence-corrected chi connectivity index (χ1v) is 14.4. The van der Waals surface area contributed by atoms with Crippen LogP contribution in [0.15, 0.2) is 71.8 Å². The van der Waals surface area contributed by atoms with Gasteiger partial charge in [-0.1, -0.05) is 36.1 Å². The molecule has 1 saturated heterocycles. The first kappa shape index (κ1) is 27.6. The van der Waals surface area contributed by atoms with Crippen molar-refractivity contribution >= 4 is 26.8 Å². The van der Waals surface area contributed by atoms with E-state index < -0.39 is 15.9 Å². The van der Waals surface area contributed by atoms with Gasteiger partial charge in [0.2, 0.25) is 15.9 Å². The van der Waals surface area contributed by atoms with E-state index in [2.05, 4.69) is 16.8 Å². The molecule has 40 heavy (non-hydrogen) atoms. The van der Waals surface area contributed by atoms with Gasteiger partial charge in [-0.05, 0) is 65.8 Å². The molecule has 1 aliphatic heterocycles. The van der Waals surface area contributed by atoms with Gasteiger partial charge < -0.3 is 20.2 Å². The van der Waals surface area contributed by atoms with Gasteiger partial charge in [0.05, 0.1) is 23.2 Å². The van der Waals surface area contributed by atoms with Gasteiger partial charge in [0.15, 0.2) is 0 Å². The molecule has 9 heteroatoms. The molecule has 0 saturated carbocycles. The van der Waals surface area contributed by atoms with Crippen molar-refractivity contribution in [3.63, 3.8) is 0 Å². The molecular formula is C31H31N3O5S. The van der Waals surface area contributed by atoms with Crippen LogP contribution in [0, 0.1) is 11.8 Å². The average Bonchev–Trinajstić information content (AvgIpc) is 3.43. The van der Waals surface area contributed by atoms with Gasteiger partial charge in [0.1, 0.15) is 0 Å². The molecule has 1 amide bonds. The predicted molar refractivity (Wildman–Crippen MR) is 154 cm³/mol. The molecule has 0 bridgehead atoms. The second kappa shape index (κ2) is 11.7. The van der Waals surface area contributed by atoms with Gasteiger partial charge in [0, 0.05) is 55.7 Å². The molecule has 3 N–H and O–H groups in total. The quantitative estimate of drug-likeness (QED) is 0.329. The lowest BCUT2D eigenvalue weighted by atomic mass is 9.93. The number of aromatic nitrogens is 1. The highest BCUT2D eigenvalue weighted by molar-refractivity contribution is 7.89. The highest BCUT2D eigenvalue weighted by Gasteiger charge is 2.26. The van der Waals surface area contributed by atoms with Crippen molar-refractivity contribution < 1.29 is 22.7 Å². The summed E-state index contributed by atoms with van der Waals surface area (Å²) < 4.78 is 39.2. The topological polar surface area (TPSA) is 115 Å². The number of H-pyrrole nitrogens is 1. The Morgan fingerprint density at radius 2 is 1.80 bits per heavy atom. The molecule has 3 aromatic carbocycles. The van der Waals surface area contributed by atoms with Gasteiger partial charge >= 0.3 is 0 Å². The summed E-state index contributed by atoms with van der Waals surface area (Å²) in [4.78, 5) is 15.7. The zero-order chi connectivity index (χ0) is 28.3. The zero-order valence-electron chi connectivity index (χ0n) is 22.4. The lowest BCUT2D eigenvalue weighted by molar-refractivity contribution is -0.0390. The van der Waals surface area contributed by atoms with Crippen LogP contribution in [-0.4, -0.2) is 57.0 Å². The number of carbonyl (C=O) groups is 1. The van der Waals surface area contributed by atoms with Crippen molar-refractivity contribution in [1.82, 2.24) is 9.29 Å². The van der Waals surface area contributed by atoms with Crippen LogP contribution in [-0.2, 0) is 26.1 Å². The number of rotatable bonds is 7. The number of nitrogens with two attached hydrogens (primary N) is 1. The fraction of sp³-hybridized carbons (Fsp3) is 0.258. The number of benzene rings is 3. The summed E-state index contributed by atoms with van der Waals surface area (Å²) in [6.45, 7) is 1.95. The number of aromatic amines is 1. The highest BCUT2D eigenvalue weighted by atomic mass is 32.2. The van der Waals surface area contributed by atoms with Crippen LogP contribution in [0.4, 0.5) is 0 Å². The lowest BCUT2D eigenvalue weighted by Crippen LogP contribution is -2.24. The maximum atomic E-state index is 13.4. The smallest absolute Gasteiger partial charge is 0.249 e. The molecule has 0 aliphatic carbocycles. The van der Waals surface area contributed by atoms with E-state index in [0.29, 0.717) is 23.3 Å². The summed E-state index contributed by atoms with van der Waals surface area (Å²) in [6, 6.07) is 18.0. The fourth-order valence-corrected chi connectivity index (χ4v) is 5.75. The number of hydrogen-bond donors (Lipinski definition) is 2. The van der Waals surface area contributed by atoms with Crippen molar-refractivity contribution in [2.24, 2.45) is 5.73 Å². The average molecular weight is 558 g/mol. The molecule has 0 spiro atoms. The zero-order valence-corrected chi connectivity index (χ0v) is 23.3. The van der Waals surface area contributed by atoms with Gasteiger partial charge in [-0.25, -0.2) is 12.7 Å².